The molecule has 124 valence electrons. The van der Waals surface area contributed by atoms with E-state index in [1.807, 2.05) is 23.3 Å². The van der Waals surface area contributed by atoms with E-state index in [2.05, 4.69) is 15.3 Å². The summed E-state index contributed by atoms with van der Waals surface area (Å²) in [6.45, 7) is 3.38. The van der Waals surface area contributed by atoms with Crippen molar-refractivity contribution in [3.63, 3.8) is 0 Å². The van der Waals surface area contributed by atoms with Crippen molar-refractivity contribution >= 4 is 28.8 Å². The van der Waals surface area contributed by atoms with Crippen LogP contribution in [0.2, 0.25) is 0 Å². The van der Waals surface area contributed by atoms with E-state index < -0.39 is 0 Å². The van der Waals surface area contributed by atoms with E-state index in [9.17, 15) is 9.59 Å². The Labute approximate surface area is 143 Å². The zero-order valence-electron chi connectivity index (χ0n) is 13.3. The van der Waals surface area contributed by atoms with Gasteiger partial charge in [0, 0.05) is 31.1 Å². The lowest BCUT2D eigenvalue weighted by atomic mass is 10.2. The molecule has 1 aliphatic heterocycles. The Balaban J connectivity index is 1.28. The normalized spacial score (nSPS) is 24.5. The Hall–Kier alpha value is -2.28. The molecular formula is C17H18N4O2S. The van der Waals surface area contributed by atoms with Crippen LogP contribution >= 0.6 is 11.3 Å². The topological polar surface area (TPSA) is 75.2 Å². The molecule has 7 heteroatoms. The van der Waals surface area contributed by atoms with E-state index in [0.29, 0.717) is 29.9 Å². The van der Waals surface area contributed by atoms with Crippen LogP contribution in [0.3, 0.4) is 0 Å². The number of hydrogen-bond acceptors (Lipinski definition) is 5. The number of piperidine rings is 1. The van der Waals surface area contributed by atoms with E-state index in [-0.39, 0.29) is 11.8 Å². The maximum Gasteiger partial charge on any atom is 0.273 e. The summed E-state index contributed by atoms with van der Waals surface area (Å²) in [4.78, 5) is 34.6. The molecule has 3 heterocycles. The van der Waals surface area contributed by atoms with Gasteiger partial charge in [-0.2, -0.15) is 0 Å². The molecule has 1 saturated heterocycles. The number of anilines is 1. The van der Waals surface area contributed by atoms with Crippen molar-refractivity contribution in [3.05, 3.63) is 40.6 Å². The average Bonchev–Trinajstić information content (AvgIpc) is 2.97. The number of rotatable bonds is 4. The maximum absolute atomic E-state index is 12.4. The first-order chi connectivity index (χ1) is 11.6. The highest BCUT2D eigenvalue weighted by Crippen LogP contribution is 2.53. The first-order valence-electron chi connectivity index (χ1n) is 8.03. The number of aryl methyl sites for hydroxylation is 1. The predicted molar refractivity (Wildman–Crippen MR) is 90.7 cm³/mol. The summed E-state index contributed by atoms with van der Waals surface area (Å²) in [5.74, 6) is 1.34. The number of amides is 2. The number of carbonyl (C=O) groups is 2. The third kappa shape index (κ3) is 2.91. The Morgan fingerprint density at radius 3 is 2.79 bits per heavy atom. The van der Waals surface area contributed by atoms with Crippen molar-refractivity contribution in [2.75, 3.05) is 18.4 Å². The lowest BCUT2D eigenvalue weighted by molar-refractivity contribution is -0.116. The van der Waals surface area contributed by atoms with Crippen LogP contribution in [-0.4, -0.2) is 39.8 Å². The first kappa shape index (κ1) is 15.3. The molecule has 2 fully saturated rings. The minimum atomic E-state index is 0.0186. The van der Waals surface area contributed by atoms with Crippen LogP contribution in [0.1, 0.15) is 21.9 Å². The summed E-state index contributed by atoms with van der Waals surface area (Å²) in [6.07, 6.45) is 3.83. The molecule has 4 rings (SSSR count). The molecule has 2 aliphatic rings. The van der Waals surface area contributed by atoms with E-state index in [1.54, 1.807) is 18.5 Å². The molecule has 0 bridgehead atoms. The predicted octanol–water partition coefficient (Wildman–Crippen LogP) is 2.19. The fourth-order valence-corrected chi connectivity index (χ4v) is 4.19. The molecule has 0 aromatic carbocycles. The van der Waals surface area contributed by atoms with Crippen molar-refractivity contribution in [2.24, 2.45) is 17.8 Å². The Kier molecular flexibility index (Phi) is 3.80. The van der Waals surface area contributed by atoms with Gasteiger partial charge < -0.3 is 10.2 Å². The number of aromatic nitrogens is 2. The second-order valence-electron chi connectivity index (χ2n) is 6.45. The largest absolute Gasteiger partial charge is 0.337 e. The highest BCUT2D eigenvalue weighted by atomic mass is 32.1. The second-order valence-corrected chi connectivity index (χ2v) is 7.51. The lowest BCUT2D eigenvalue weighted by Crippen LogP contribution is -2.32. The van der Waals surface area contributed by atoms with Gasteiger partial charge in [0.15, 0.2) is 0 Å². The lowest BCUT2D eigenvalue weighted by Gasteiger charge is -2.18. The summed E-state index contributed by atoms with van der Waals surface area (Å²) in [7, 11) is 0. The van der Waals surface area contributed by atoms with Gasteiger partial charge in [-0.25, -0.2) is 4.98 Å². The summed E-state index contributed by atoms with van der Waals surface area (Å²) in [5.41, 5.74) is 1.27. The molecule has 6 nitrogen and oxygen atoms in total. The summed E-state index contributed by atoms with van der Waals surface area (Å²) < 4.78 is 0. The maximum atomic E-state index is 12.4. The molecule has 0 spiro atoms. The molecule has 24 heavy (non-hydrogen) atoms. The quantitative estimate of drug-likeness (QED) is 0.924. The van der Waals surface area contributed by atoms with E-state index in [4.69, 9.17) is 0 Å². The highest BCUT2D eigenvalue weighted by Gasteiger charge is 2.57. The third-order valence-electron chi connectivity index (χ3n) is 4.86. The fraction of sp³-hybridized carbons (Fsp3) is 0.412. The minimum Gasteiger partial charge on any atom is -0.337 e. The van der Waals surface area contributed by atoms with Gasteiger partial charge in [-0.3, -0.25) is 14.6 Å². The van der Waals surface area contributed by atoms with Gasteiger partial charge in [0.1, 0.15) is 5.69 Å². The van der Waals surface area contributed by atoms with Gasteiger partial charge in [-0.15, -0.1) is 11.3 Å². The second kappa shape index (κ2) is 5.98. The van der Waals surface area contributed by atoms with Crippen molar-refractivity contribution in [1.82, 2.24) is 14.9 Å². The SMILES string of the molecule is Cc1nc(C(=O)N2C[C@@H]3C(CC(=O)Nc4cccnc4)[C@@H]3C2)cs1. The number of carbonyl (C=O) groups excluding carboxylic acids is 2. The van der Waals surface area contributed by atoms with Gasteiger partial charge >= 0.3 is 0 Å². The van der Waals surface area contributed by atoms with E-state index in [0.717, 1.165) is 23.8 Å². The van der Waals surface area contributed by atoms with E-state index in [1.165, 1.54) is 11.3 Å². The Morgan fingerprint density at radius 1 is 1.38 bits per heavy atom. The number of thiazole rings is 1. The van der Waals surface area contributed by atoms with Crippen molar-refractivity contribution < 1.29 is 9.59 Å². The molecule has 3 atom stereocenters. The van der Waals surface area contributed by atoms with Crippen LogP contribution in [0.4, 0.5) is 5.69 Å². The zero-order valence-corrected chi connectivity index (χ0v) is 14.1. The monoisotopic (exact) mass is 342 g/mol. The third-order valence-corrected chi connectivity index (χ3v) is 5.64. The van der Waals surface area contributed by atoms with Crippen LogP contribution in [0.5, 0.6) is 0 Å². The molecular weight excluding hydrogens is 324 g/mol. The smallest absolute Gasteiger partial charge is 0.273 e. The molecule has 1 aliphatic carbocycles. The molecule has 1 N–H and O–H groups in total. The summed E-state index contributed by atoms with van der Waals surface area (Å²) >= 11 is 1.50. The molecule has 1 unspecified atom stereocenters. The number of nitrogens with zero attached hydrogens (tertiary/aromatic N) is 3. The molecule has 2 amide bonds. The van der Waals surface area contributed by atoms with Gasteiger partial charge in [-0.05, 0) is 36.8 Å². The summed E-state index contributed by atoms with van der Waals surface area (Å²) in [5, 5.41) is 5.60. The standard InChI is InChI=1S/C17H18N4O2S/c1-10-19-15(9-24-10)17(23)21-7-13-12(14(13)8-21)5-16(22)20-11-3-2-4-18-6-11/h2-4,6,9,12-14H,5,7-8H2,1H3,(H,20,22)/t12?,13-,14+. The molecule has 1 saturated carbocycles. The van der Waals surface area contributed by atoms with Crippen LogP contribution < -0.4 is 5.32 Å². The number of pyridine rings is 1. The van der Waals surface area contributed by atoms with Crippen LogP contribution in [0.25, 0.3) is 0 Å². The number of nitrogens with one attached hydrogen (secondary N) is 1. The Morgan fingerprint density at radius 2 is 2.17 bits per heavy atom. The minimum absolute atomic E-state index is 0.0186. The summed E-state index contributed by atoms with van der Waals surface area (Å²) in [6, 6.07) is 3.63. The first-order valence-corrected chi connectivity index (χ1v) is 8.91. The number of likely N-dealkylation sites (tertiary alicyclic amines) is 1. The van der Waals surface area contributed by atoms with Crippen LogP contribution in [-0.2, 0) is 4.79 Å². The molecule has 0 radical (unpaired) electrons. The van der Waals surface area contributed by atoms with E-state index >= 15 is 0 Å². The zero-order chi connectivity index (χ0) is 16.7. The Bertz CT molecular complexity index is 764. The average molecular weight is 342 g/mol. The molecule has 2 aromatic rings. The van der Waals surface area contributed by atoms with Crippen molar-refractivity contribution in [3.8, 4) is 0 Å². The highest BCUT2D eigenvalue weighted by molar-refractivity contribution is 7.09. The van der Waals surface area contributed by atoms with Gasteiger partial charge in [0.05, 0.1) is 16.9 Å². The fourth-order valence-electron chi connectivity index (χ4n) is 3.60. The van der Waals surface area contributed by atoms with Crippen molar-refractivity contribution in [2.45, 2.75) is 13.3 Å². The molecule has 2 aromatic heterocycles. The van der Waals surface area contributed by atoms with Crippen LogP contribution in [0, 0.1) is 24.7 Å². The van der Waals surface area contributed by atoms with Crippen LogP contribution in [0.15, 0.2) is 29.9 Å². The number of fused-ring (bicyclic) bond motifs is 1. The van der Waals surface area contributed by atoms with Crippen molar-refractivity contribution in [1.29, 1.82) is 0 Å². The van der Waals surface area contributed by atoms with Gasteiger partial charge in [0.25, 0.3) is 5.91 Å². The number of hydrogen-bond donors (Lipinski definition) is 1. The van der Waals surface area contributed by atoms with Gasteiger partial charge in [-0.1, -0.05) is 0 Å². The van der Waals surface area contributed by atoms with Gasteiger partial charge in [0.2, 0.25) is 5.91 Å².